The quantitative estimate of drug-likeness (QED) is 0.0145. The zero-order valence-corrected chi connectivity index (χ0v) is 84.6. The number of nitriles is 1. The lowest BCUT2D eigenvalue weighted by Crippen LogP contribution is -2.39. The van der Waals surface area contributed by atoms with Crippen molar-refractivity contribution in [2.75, 3.05) is 135 Å². The summed E-state index contributed by atoms with van der Waals surface area (Å²) in [6, 6.07) is 2.11. The molecule has 1 aliphatic heterocycles. The Hall–Kier alpha value is -8.74. The van der Waals surface area contributed by atoms with Gasteiger partial charge in [-0.15, -0.1) is 25.8 Å². The summed E-state index contributed by atoms with van der Waals surface area (Å²) in [5.41, 5.74) is -1.59. The van der Waals surface area contributed by atoms with Crippen LogP contribution in [-0.4, -0.2) is 239 Å². The summed E-state index contributed by atoms with van der Waals surface area (Å²) in [6.45, 7) is 83.4. The molecule has 1 atom stereocenters. The van der Waals surface area contributed by atoms with Crippen molar-refractivity contribution in [3.8, 4) is 43.1 Å². The highest BCUT2D eigenvalue weighted by molar-refractivity contribution is 6.05. The molecule has 1 saturated heterocycles. The van der Waals surface area contributed by atoms with Crippen molar-refractivity contribution in [2.45, 2.75) is 267 Å². The Morgan fingerprint density at radius 1 is 0.500 bits per heavy atom. The number of likely N-dealkylation sites (tertiary alicyclic amines) is 1. The number of carbonyl (C=O) groups excluding carboxylic acids is 11. The molecular weight excluding hydrogens is 1560 g/mol. The van der Waals surface area contributed by atoms with Crippen molar-refractivity contribution in [2.24, 2.45) is 65.5 Å². The van der Waals surface area contributed by atoms with E-state index in [-0.39, 0.29) is 115 Å². The topological polar surface area (TPSA) is 274 Å². The van der Waals surface area contributed by atoms with Crippen LogP contribution in [0.4, 0.5) is 0 Å². The first kappa shape index (κ1) is 131. The Bertz CT molecular complexity index is 3540. The summed E-state index contributed by atoms with van der Waals surface area (Å²) in [5.74, 6) is 5.14. The molecule has 1 N–H and O–H groups in total. The maximum atomic E-state index is 12.0. The fourth-order valence-electron chi connectivity index (χ4n) is 9.64. The highest BCUT2D eigenvalue weighted by Gasteiger charge is 2.56. The second-order valence-corrected chi connectivity index (χ2v) is 43.3. The van der Waals surface area contributed by atoms with Gasteiger partial charge in [0.1, 0.15) is 16.6 Å². The molecule has 23 nitrogen and oxygen atoms in total. The van der Waals surface area contributed by atoms with E-state index in [1.165, 1.54) is 19.1 Å². The van der Waals surface area contributed by atoms with E-state index in [1.54, 1.807) is 50.0 Å². The van der Waals surface area contributed by atoms with Crippen LogP contribution in [0, 0.1) is 114 Å². The summed E-state index contributed by atoms with van der Waals surface area (Å²) in [7, 11) is 13.7. The number of nitrogens with one attached hydrogen (secondary N) is 1. The van der Waals surface area contributed by atoms with Gasteiger partial charge in [-0.25, -0.2) is 9.59 Å². The zero-order chi connectivity index (χ0) is 98.7. The van der Waals surface area contributed by atoms with E-state index in [4.69, 9.17) is 34.0 Å². The molecule has 0 radical (unpaired) electrons. The van der Waals surface area contributed by atoms with E-state index in [0.717, 1.165) is 78.2 Å². The van der Waals surface area contributed by atoms with Crippen LogP contribution in [0.3, 0.4) is 0 Å². The molecule has 23 heteroatoms. The van der Waals surface area contributed by atoms with Gasteiger partial charge in [0, 0.05) is 119 Å². The number of rotatable bonds is 23. The van der Waals surface area contributed by atoms with Gasteiger partial charge in [-0.3, -0.25) is 43.2 Å². The summed E-state index contributed by atoms with van der Waals surface area (Å²) in [4.78, 5) is 136. The number of Topliss-reactive ketones (excluding diaryl/α,β-unsaturated/α-hetero) is 3. The van der Waals surface area contributed by atoms with Gasteiger partial charge in [0.05, 0.1) is 25.9 Å². The molecular formula is C101H177N9O14. The van der Waals surface area contributed by atoms with Crippen molar-refractivity contribution >= 4 is 64.8 Å². The van der Waals surface area contributed by atoms with E-state index < -0.39 is 16.8 Å². The molecule has 3 rings (SSSR count). The van der Waals surface area contributed by atoms with Crippen LogP contribution in [0.1, 0.15) is 261 Å². The number of terminal acetylenes is 3. The monoisotopic (exact) mass is 1740 g/mol. The van der Waals surface area contributed by atoms with Crippen molar-refractivity contribution in [3.63, 3.8) is 0 Å². The van der Waals surface area contributed by atoms with E-state index in [0.29, 0.717) is 50.5 Å². The zero-order valence-electron chi connectivity index (χ0n) is 84.6. The largest absolute Gasteiger partial charge is 0.464 e. The standard InChI is InChI=1S/C14H26N2O.C13H26N2O.C12H24N2O.C11H19NO.C11H18O3.C9H13NO.C8H14O2.C8H12O2.C7H11NO.C7H10O.CH4/c1-7-10-16(12-14(2,3)4)13(17)9-8-11-15(5)6;1-7-15(11-13(2,3)4)12(16)9-8-10-14(5)6;1-12(2,3)10-14(6)11(15)8-7-9-13(4)5;1-5-10(13)12-7-6-9(8-12)11(2,3)4;1-8(12)11(5-6-11)9(13)14-7-10(2,3)4;1-8(2,3)7(11)9(6-10)4-5-9;2*1-5-7(9)10-6-8(2,3)4;1-5-6(9)8-7(2,3)4;1-5-6(8)7(2,3)4;/h7-9H,1,10-12H2,2-6H3;8-9H,7,10-11H2,1-6H3;7-8H,9-10H2,1-6H3;5,9H,1,6-8H2,2-4H3;5-7H2,1-4H3;4-5H2,1-3H3;5H,1,6H2,2-4H3;1H,6H2,2-4H3;1H,2-4H3,(H,8,9);1H,2-4H3;1H4/b2*9-8+;8-7+;;;;;;;;. The highest BCUT2D eigenvalue weighted by atomic mass is 16.5. The fraction of sp³-hybridized carbons (Fsp3) is 0.703. The lowest BCUT2D eigenvalue weighted by molar-refractivity contribution is -0.156. The molecule has 5 amide bonds. The summed E-state index contributed by atoms with van der Waals surface area (Å²) in [6.07, 6.45) is 33.4. The maximum Gasteiger partial charge on any atom is 0.384 e. The minimum Gasteiger partial charge on any atom is -0.464 e. The lowest BCUT2D eigenvalue weighted by atomic mass is 9.80. The van der Waals surface area contributed by atoms with Crippen LogP contribution in [0.15, 0.2) is 74.4 Å². The normalized spacial score (nSPS) is 14.2. The van der Waals surface area contributed by atoms with Crippen molar-refractivity contribution in [1.29, 1.82) is 5.26 Å². The molecule has 0 aromatic rings. The average Bonchev–Trinajstić information content (AvgIpc) is 1.63. The van der Waals surface area contributed by atoms with Gasteiger partial charge in [0.25, 0.3) is 5.91 Å². The minimum atomic E-state index is -0.773. The minimum absolute atomic E-state index is 0. The third-order valence-electron chi connectivity index (χ3n) is 16.4. The molecule has 3 fully saturated rings. The van der Waals surface area contributed by atoms with Crippen molar-refractivity contribution < 1.29 is 67.0 Å². The van der Waals surface area contributed by atoms with Crippen LogP contribution in [-0.2, 0) is 67.0 Å². The number of hydrogen-bond acceptors (Lipinski definition) is 18. The predicted molar refractivity (Wildman–Crippen MR) is 514 cm³/mol. The number of hydrogen-bond donors (Lipinski definition) is 1. The van der Waals surface area contributed by atoms with E-state index in [2.05, 4.69) is 125 Å². The van der Waals surface area contributed by atoms with Gasteiger partial charge in [0.2, 0.25) is 29.4 Å². The number of amides is 5. The van der Waals surface area contributed by atoms with E-state index >= 15 is 0 Å². The SMILES string of the molecule is C.C#CC(=O)C(C)(C)C.C#CC(=O)NC(C)(C)C.C#CC(=O)OCC(C)(C)C.C=CC(=O)N1CCC(C(C)(C)C)C1.C=CC(=O)OCC(C)(C)C.C=CCN(CC(C)(C)C)C(=O)/C=C/CN(C)C.CC(=O)C1(C(=O)OCC(C)(C)C)CC1.CC(C)(C)C(=O)C1(C#N)CC1.CCN(CC(C)(C)C)C(=O)/C=C/CN(C)C.CN(C)C/C=C/C(=O)N(C)CC(C)(C)C. The van der Waals surface area contributed by atoms with Gasteiger partial charge in [0.15, 0.2) is 5.78 Å². The lowest BCUT2D eigenvalue weighted by Gasteiger charge is -2.28. The van der Waals surface area contributed by atoms with Crippen LogP contribution >= 0.6 is 0 Å². The van der Waals surface area contributed by atoms with Crippen LogP contribution in [0.25, 0.3) is 0 Å². The molecule has 1 heterocycles. The summed E-state index contributed by atoms with van der Waals surface area (Å²) in [5, 5.41) is 11.3. The van der Waals surface area contributed by atoms with E-state index in [9.17, 15) is 52.7 Å². The van der Waals surface area contributed by atoms with Crippen LogP contribution in [0.2, 0.25) is 0 Å². The van der Waals surface area contributed by atoms with Crippen LogP contribution < -0.4 is 5.32 Å². The van der Waals surface area contributed by atoms with Crippen molar-refractivity contribution in [3.05, 3.63) is 74.4 Å². The smallest absolute Gasteiger partial charge is 0.384 e. The molecule has 2 aliphatic carbocycles. The number of carbonyl (C=O) groups is 11. The molecule has 1 unspecified atom stereocenters. The predicted octanol–water partition coefficient (Wildman–Crippen LogP) is 17.1. The number of ketones is 3. The molecule has 710 valence electrons. The maximum absolute atomic E-state index is 12.0. The number of likely N-dealkylation sites (N-methyl/N-ethyl adjacent to an activating group) is 5. The van der Waals surface area contributed by atoms with Gasteiger partial charge < -0.3 is 53.8 Å². The highest BCUT2D eigenvalue weighted by Crippen LogP contribution is 2.50. The third kappa shape index (κ3) is 76.9. The van der Waals surface area contributed by atoms with Gasteiger partial charge in [-0.05, 0) is 171 Å². The molecule has 0 spiro atoms. The van der Waals surface area contributed by atoms with Crippen molar-refractivity contribution in [1.82, 2.24) is 39.6 Å². The average molecular weight is 1740 g/mol. The van der Waals surface area contributed by atoms with Gasteiger partial charge in [-0.2, -0.15) is 5.26 Å². The Morgan fingerprint density at radius 2 is 0.887 bits per heavy atom. The molecule has 3 aliphatic rings. The number of ether oxygens (including phenoxy) is 3. The first-order valence-electron chi connectivity index (χ1n) is 42.4. The third-order valence-corrected chi connectivity index (χ3v) is 16.4. The first-order chi connectivity index (χ1) is 55.2. The van der Waals surface area contributed by atoms with Crippen LogP contribution in [0.5, 0.6) is 0 Å². The number of esters is 3. The Labute approximate surface area is 757 Å². The second kappa shape index (κ2) is 60.8. The molecule has 124 heavy (non-hydrogen) atoms. The Morgan fingerprint density at radius 3 is 1.14 bits per heavy atom. The summed E-state index contributed by atoms with van der Waals surface area (Å²) < 4.78 is 14.6. The first-order valence-corrected chi connectivity index (χ1v) is 42.4. The van der Waals surface area contributed by atoms with Gasteiger partial charge in [-0.1, -0.05) is 232 Å². The van der Waals surface area contributed by atoms with Gasteiger partial charge >= 0.3 is 17.9 Å². The molecule has 0 aromatic heterocycles. The molecule has 0 aromatic carbocycles. The molecule has 0 bridgehead atoms. The fourth-order valence-corrected chi connectivity index (χ4v) is 9.64. The summed E-state index contributed by atoms with van der Waals surface area (Å²) >= 11 is 0. The second-order valence-electron chi connectivity index (χ2n) is 43.3. The molecule has 2 saturated carbocycles. The number of nitrogens with zero attached hydrogens (tertiary/aromatic N) is 8. The Kier molecular flexibility index (Phi) is 64.1. The Balaban J connectivity index is -0.000000202. The van der Waals surface area contributed by atoms with E-state index in [1.807, 2.05) is 220 Å².